The van der Waals surface area contributed by atoms with E-state index >= 15 is 0 Å². The van der Waals surface area contributed by atoms with Gasteiger partial charge in [0.25, 0.3) is 0 Å². The quantitative estimate of drug-likeness (QED) is 0.386. The number of nitrogens with zero attached hydrogens (tertiary/aromatic N) is 1. The van der Waals surface area contributed by atoms with Gasteiger partial charge in [0.15, 0.2) is 0 Å². The molecule has 1 aromatic rings. The molecule has 0 saturated heterocycles. The molecule has 0 unspecified atom stereocenters. The minimum absolute atomic E-state index is 0.282. The monoisotopic (exact) mass is 292 g/mol. The maximum atomic E-state index is 11.5. The summed E-state index contributed by atoms with van der Waals surface area (Å²) in [5.74, 6) is 0.289. The topological polar surface area (TPSA) is 79.6 Å². The molecule has 0 bridgehead atoms. The lowest BCUT2D eigenvalue weighted by molar-refractivity contribution is -0.111. The van der Waals surface area contributed by atoms with Crippen LogP contribution in [0.4, 0.5) is 17.1 Å². The molecule has 0 radical (unpaired) electrons. The van der Waals surface area contributed by atoms with Crippen molar-refractivity contribution in [3.8, 4) is 5.75 Å². The summed E-state index contributed by atoms with van der Waals surface area (Å²) < 4.78 is 5.21. The number of rotatable bonds is 8. The number of ether oxygens (including phenoxy) is 1. The van der Waals surface area contributed by atoms with Gasteiger partial charge >= 0.3 is 0 Å². The molecule has 6 nitrogen and oxygen atoms in total. The summed E-state index contributed by atoms with van der Waals surface area (Å²) in [6.45, 7) is 5.20. The number of nitrogens with one attached hydrogen (secondary N) is 2. The van der Waals surface area contributed by atoms with Gasteiger partial charge in [0.05, 0.1) is 24.2 Å². The van der Waals surface area contributed by atoms with Gasteiger partial charge in [-0.3, -0.25) is 4.79 Å². The Morgan fingerprint density at radius 2 is 2.14 bits per heavy atom. The molecule has 0 fully saturated rings. The summed E-state index contributed by atoms with van der Waals surface area (Å²) in [5.41, 5.74) is 7.73. The second-order valence-electron chi connectivity index (χ2n) is 4.92. The van der Waals surface area contributed by atoms with Gasteiger partial charge in [-0.05, 0) is 39.2 Å². The Bertz CT molecular complexity index is 501. The highest BCUT2D eigenvalue weighted by Crippen LogP contribution is 2.33. The minimum Gasteiger partial charge on any atom is -0.495 e. The van der Waals surface area contributed by atoms with E-state index in [9.17, 15) is 4.79 Å². The van der Waals surface area contributed by atoms with E-state index in [1.807, 2.05) is 14.1 Å². The molecule has 1 aromatic carbocycles. The molecule has 0 spiro atoms. The van der Waals surface area contributed by atoms with E-state index in [2.05, 4.69) is 22.1 Å². The first-order chi connectivity index (χ1) is 9.97. The van der Waals surface area contributed by atoms with Gasteiger partial charge in [0.2, 0.25) is 5.91 Å². The third-order valence-corrected chi connectivity index (χ3v) is 2.91. The standard InChI is InChI=1S/C15H24N4O2/c1-5-15(20)18-13-9-11(16)14(21-4)10-12(13)17-7-6-8-19(2)3/h5,9-10,17H,1,6-8,16H2,2-4H3,(H,18,20). The number of nitrogens with two attached hydrogens (primary N) is 1. The van der Waals surface area contributed by atoms with E-state index in [0.717, 1.165) is 25.2 Å². The third-order valence-electron chi connectivity index (χ3n) is 2.91. The minimum atomic E-state index is -0.282. The van der Waals surface area contributed by atoms with Gasteiger partial charge in [-0.25, -0.2) is 0 Å². The number of hydrogen-bond acceptors (Lipinski definition) is 5. The maximum absolute atomic E-state index is 11.5. The van der Waals surface area contributed by atoms with Crippen LogP contribution in [0.15, 0.2) is 24.8 Å². The van der Waals surface area contributed by atoms with Gasteiger partial charge in [-0.15, -0.1) is 0 Å². The summed E-state index contributed by atoms with van der Waals surface area (Å²) in [5, 5.41) is 6.03. The van der Waals surface area contributed by atoms with Crippen molar-refractivity contribution in [2.45, 2.75) is 6.42 Å². The highest BCUT2D eigenvalue weighted by Gasteiger charge is 2.10. The van der Waals surface area contributed by atoms with Crippen molar-refractivity contribution in [1.29, 1.82) is 0 Å². The number of amides is 1. The van der Waals surface area contributed by atoms with Crippen LogP contribution in [0.1, 0.15) is 6.42 Å². The number of anilines is 3. The molecule has 0 aromatic heterocycles. The van der Waals surface area contributed by atoms with E-state index in [1.54, 1.807) is 19.2 Å². The third kappa shape index (κ3) is 5.35. The van der Waals surface area contributed by atoms with Crippen molar-refractivity contribution in [2.75, 3.05) is 50.7 Å². The zero-order chi connectivity index (χ0) is 15.8. The summed E-state index contributed by atoms with van der Waals surface area (Å²) in [6.07, 6.45) is 2.20. The van der Waals surface area contributed by atoms with Crippen LogP contribution in [0.25, 0.3) is 0 Å². The molecule has 0 aliphatic heterocycles. The van der Waals surface area contributed by atoms with Gasteiger partial charge in [-0.2, -0.15) is 0 Å². The average Bonchev–Trinajstić information content (AvgIpc) is 2.44. The lowest BCUT2D eigenvalue weighted by atomic mass is 10.2. The number of nitrogen functional groups attached to an aromatic ring is 1. The van der Waals surface area contributed by atoms with E-state index in [0.29, 0.717) is 17.1 Å². The predicted octanol–water partition coefficient (Wildman–Crippen LogP) is 1.77. The Labute approximate surface area is 126 Å². The van der Waals surface area contributed by atoms with Crippen LogP contribution in [0.3, 0.4) is 0 Å². The second kappa shape index (κ2) is 8.16. The SMILES string of the molecule is C=CC(=O)Nc1cc(N)c(OC)cc1NCCCN(C)C. The summed E-state index contributed by atoms with van der Waals surface area (Å²) >= 11 is 0. The molecule has 0 aliphatic carbocycles. The number of carbonyl (C=O) groups is 1. The number of hydrogen-bond donors (Lipinski definition) is 3. The van der Waals surface area contributed by atoms with Crippen molar-refractivity contribution < 1.29 is 9.53 Å². The molecular weight excluding hydrogens is 268 g/mol. The van der Waals surface area contributed by atoms with Crippen LogP contribution in [0.5, 0.6) is 5.75 Å². The fraction of sp³-hybridized carbons (Fsp3) is 0.400. The Hall–Kier alpha value is -2.21. The predicted molar refractivity (Wildman–Crippen MR) is 87.9 cm³/mol. The lowest BCUT2D eigenvalue weighted by Gasteiger charge is -2.16. The maximum Gasteiger partial charge on any atom is 0.247 e. The van der Waals surface area contributed by atoms with Crippen LogP contribution in [0, 0.1) is 0 Å². The Morgan fingerprint density at radius 1 is 1.43 bits per heavy atom. The fourth-order valence-electron chi connectivity index (χ4n) is 1.83. The molecular formula is C15H24N4O2. The lowest BCUT2D eigenvalue weighted by Crippen LogP contribution is -2.17. The molecule has 0 aliphatic rings. The van der Waals surface area contributed by atoms with Gasteiger partial charge in [-0.1, -0.05) is 6.58 Å². The summed E-state index contributed by atoms with van der Waals surface area (Å²) in [7, 11) is 5.62. The molecule has 116 valence electrons. The first-order valence-electron chi connectivity index (χ1n) is 6.77. The second-order valence-corrected chi connectivity index (χ2v) is 4.92. The van der Waals surface area contributed by atoms with E-state index in [-0.39, 0.29) is 5.91 Å². The molecule has 21 heavy (non-hydrogen) atoms. The zero-order valence-corrected chi connectivity index (χ0v) is 12.9. The molecule has 0 heterocycles. The van der Waals surface area contributed by atoms with Crippen LogP contribution in [0.2, 0.25) is 0 Å². The van der Waals surface area contributed by atoms with Crippen molar-refractivity contribution in [1.82, 2.24) is 4.90 Å². The number of methoxy groups -OCH3 is 1. The van der Waals surface area contributed by atoms with Crippen LogP contribution < -0.4 is 21.1 Å². The van der Waals surface area contributed by atoms with Crippen molar-refractivity contribution in [2.24, 2.45) is 0 Å². The molecule has 1 amide bonds. The molecule has 1 rings (SSSR count). The van der Waals surface area contributed by atoms with Crippen molar-refractivity contribution >= 4 is 23.0 Å². The molecule has 0 saturated carbocycles. The van der Waals surface area contributed by atoms with Crippen LogP contribution in [-0.2, 0) is 4.79 Å². The van der Waals surface area contributed by atoms with E-state index in [4.69, 9.17) is 10.5 Å². The zero-order valence-electron chi connectivity index (χ0n) is 12.9. The molecule has 4 N–H and O–H groups in total. The van der Waals surface area contributed by atoms with Crippen molar-refractivity contribution in [3.05, 3.63) is 24.8 Å². The smallest absolute Gasteiger partial charge is 0.247 e. The fourth-order valence-corrected chi connectivity index (χ4v) is 1.83. The number of carbonyl (C=O) groups excluding carboxylic acids is 1. The van der Waals surface area contributed by atoms with E-state index in [1.165, 1.54) is 6.08 Å². The Morgan fingerprint density at radius 3 is 2.71 bits per heavy atom. The summed E-state index contributed by atoms with van der Waals surface area (Å²) in [6, 6.07) is 3.46. The largest absolute Gasteiger partial charge is 0.495 e. The van der Waals surface area contributed by atoms with Crippen LogP contribution >= 0.6 is 0 Å². The highest BCUT2D eigenvalue weighted by molar-refractivity contribution is 6.01. The first kappa shape index (κ1) is 16.8. The Kier molecular flexibility index (Phi) is 6.55. The van der Waals surface area contributed by atoms with Gasteiger partial charge in [0.1, 0.15) is 5.75 Å². The normalized spacial score (nSPS) is 10.3. The van der Waals surface area contributed by atoms with Crippen molar-refractivity contribution in [3.63, 3.8) is 0 Å². The molecule has 6 heteroatoms. The van der Waals surface area contributed by atoms with Gasteiger partial charge in [0, 0.05) is 12.6 Å². The van der Waals surface area contributed by atoms with Crippen LogP contribution in [-0.4, -0.2) is 45.1 Å². The Balaban J connectivity index is 2.86. The first-order valence-corrected chi connectivity index (χ1v) is 6.77. The number of benzene rings is 1. The molecule has 0 atom stereocenters. The van der Waals surface area contributed by atoms with E-state index < -0.39 is 0 Å². The summed E-state index contributed by atoms with van der Waals surface area (Å²) in [4.78, 5) is 13.6. The average molecular weight is 292 g/mol. The van der Waals surface area contributed by atoms with Gasteiger partial charge < -0.3 is 26.0 Å². The highest BCUT2D eigenvalue weighted by atomic mass is 16.5.